The summed E-state index contributed by atoms with van der Waals surface area (Å²) in [6, 6.07) is 26.8. The lowest BCUT2D eigenvalue weighted by Crippen LogP contribution is -2.21. The highest BCUT2D eigenvalue weighted by atomic mass is 32.2. The fraction of sp³-hybridized carbons (Fsp3) is 0.280. The topological polar surface area (TPSA) is 64.1 Å². The second kappa shape index (κ2) is 11.9. The van der Waals surface area contributed by atoms with Gasteiger partial charge in [-0.25, -0.2) is 0 Å². The SMILES string of the molecule is CN(C)c1ccc([S+](c2ccc(N(C)C)cc2)c2ccc(N(C)C)cc2)cc1.O=S(=O)(O)C(F)(F)F. The minimum absolute atomic E-state index is 0.135. The predicted molar refractivity (Wildman–Crippen MR) is 142 cm³/mol. The van der Waals surface area contributed by atoms with E-state index in [1.165, 1.54) is 31.7 Å². The average Bonchev–Trinajstić information content (AvgIpc) is 2.79. The average molecular weight is 543 g/mol. The summed E-state index contributed by atoms with van der Waals surface area (Å²) in [6.07, 6.45) is 0. The Bertz CT molecular complexity index is 1090. The lowest BCUT2D eigenvalue weighted by Gasteiger charge is -2.16. The van der Waals surface area contributed by atoms with Gasteiger partial charge in [-0.2, -0.15) is 21.6 Å². The molecule has 0 aliphatic carbocycles. The molecule has 1 N–H and O–H groups in total. The molecule has 0 saturated carbocycles. The second-order valence-corrected chi connectivity index (χ2v) is 11.8. The normalized spacial score (nSPS) is 11.5. The van der Waals surface area contributed by atoms with Crippen LogP contribution < -0.4 is 14.7 Å². The molecule has 0 spiro atoms. The first kappa shape index (κ1) is 29.3. The van der Waals surface area contributed by atoms with Gasteiger partial charge in [-0.1, -0.05) is 0 Å². The third-order valence-corrected chi connectivity index (χ3v) is 7.87. The third kappa shape index (κ3) is 7.81. The molecule has 0 radical (unpaired) electrons. The molecular weight excluding hydrogens is 511 g/mol. The maximum atomic E-state index is 10.7. The molecule has 0 fully saturated rings. The van der Waals surface area contributed by atoms with E-state index in [0.29, 0.717) is 0 Å². The Balaban J connectivity index is 0.000000493. The van der Waals surface area contributed by atoms with Crippen molar-refractivity contribution in [2.75, 3.05) is 57.0 Å². The quantitative estimate of drug-likeness (QED) is 0.257. The molecule has 0 heterocycles. The maximum absolute atomic E-state index is 10.7. The van der Waals surface area contributed by atoms with Crippen molar-refractivity contribution in [3.8, 4) is 0 Å². The Morgan fingerprint density at radius 3 is 0.917 bits per heavy atom. The van der Waals surface area contributed by atoms with Crippen LogP contribution in [0.2, 0.25) is 0 Å². The molecule has 0 aliphatic rings. The molecule has 0 aliphatic heterocycles. The van der Waals surface area contributed by atoms with Gasteiger partial charge in [0.25, 0.3) is 0 Å². The highest BCUT2D eigenvalue weighted by Crippen LogP contribution is 2.34. The summed E-state index contributed by atoms with van der Waals surface area (Å²) >= 11 is 0. The molecule has 196 valence electrons. The van der Waals surface area contributed by atoms with E-state index < -0.39 is 15.6 Å². The Hall–Kier alpha value is -2.89. The van der Waals surface area contributed by atoms with Crippen molar-refractivity contribution in [1.82, 2.24) is 0 Å². The highest BCUT2D eigenvalue weighted by molar-refractivity contribution is 7.97. The largest absolute Gasteiger partial charge is 0.522 e. The van der Waals surface area contributed by atoms with Crippen LogP contribution >= 0.6 is 0 Å². The van der Waals surface area contributed by atoms with Gasteiger partial charge in [0.2, 0.25) is 0 Å². The number of rotatable bonds is 6. The van der Waals surface area contributed by atoms with Gasteiger partial charge in [0.1, 0.15) is 0 Å². The van der Waals surface area contributed by atoms with E-state index >= 15 is 0 Å². The van der Waals surface area contributed by atoms with Crippen LogP contribution in [0.3, 0.4) is 0 Å². The summed E-state index contributed by atoms with van der Waals surface area (Å²) in [6.45, 7) is 0. The third-order valence-electron chi connectivity index (χ3n) is 5.06. The van der Waals surface area contributed by atoms with Gasteiger partial charge in [-0.3, -0.25) is 4.55 Å². The second-order valence-electron chi connectivity index (χ2n) is 8.39. The molecule has 3 aromatic rings. The van der Waals surface area contributed by atoms with Crippen LogP contribution in [-0.4, -0.2) is 60.8 Å². The first-order valence-corrected chi connectivity index (χ1v) is 13.4. The van der Waals surface area contributed by atoms with Crippen LogP contribution in [-0.2, 0) is 21.0 Å². The van der Waals surface area contributed by atoms with Crippen LogP contribution in [0.1, 0.15) is 0 Å². The van der Waals surface area contributed by atoms with Crippen molar-refractivity contribution in [2.24, 2.45) is 0 Å². The first-order chi connectivity index (χ1) is 16.6. The zero-order valence-corrected chi connectivity index (χ0v) is 22.6. The van der Waals surface area contributed by atoms with Crippen LogP contribution in [0.25, 0.3) is 0 Å². The fourth-order valence-corrected chi connectivity index (χ4v) is 5.09. The summed E-state index contributed by atoms with van der Waals surface area (Å²) in [4.78, 5) is 10.4. The summed E-state index contributed by atoms with van der Waals surface area (Å²) in [5.41, 5.74) is -1.87. The maximum Gasteiger partial charge on any atom is 0.522 e. The molecule has 36 heavy (non-hydrogen) atoms. The summed E-state index contributed by atoms with van der Waals surface area (Å²) in [5, 5.41) is 0. The molecule has 6 nitrogen and oxygen atoms in total. The van der Waals surface area contributed by atoms with E-state index in [0.717, 1.165) is 0 Å². The van der Waals surface area contributed by atoms with Crippen molar-refractivity contribution >= 4 is 38.1 Å². The molecule has 0 saturated heterocycles. The lowest BCUT2D eigenvalue weighted by atomic mass is 10.3. The Morgan fingerprint density at radius 2 is 0.778 bits per heavy atom. The number of hydrogen-bond donors (Lipinski definition) is 1. The van der Waals surface area contributed by atoms with Crippen LogP contribution in [0.4, 0.5) is 30.2 Å². The summed E-state index contributed by atoms with van der Waals surface area (Å²) < 4.78 is 57.5. The Kier molecular flexibility index (Phi) is 9.70. The van der Waals surface area contributed by atoms with E-state index in [2.05, 4.69) is 130 Å². The molecular formula is C25H31F3N3O3S2+. The van der Waals surface area contributed by atoms with Gasteiger partial charge in [0, 0.05) is 59.3 Å². The Morgan fingerprint density at radius 1 is 0.583 bits per heavy atom. The van der Waals surface area contributed by atoms with Crippen molar-refractivity contribution in [2.45, 2.75) is 20.2 Å². The van der Waals surface area contributed by atoms with Crippen molar-refractivity contribution in [3.63, 3.8) is 0 Å². The standard InChI is InChI=1S/C24H30N3S.CHF3O3S/c1-25(2)19-7-13-22(14-8-19)28(23-15-9-20(10-16-23)26(3)4)24-17-11-21(12-18-24)27(5)6;2-1(3,4)8(5,6)7/h7-18H,1-6H3;(H,5,6,7)/q+1;. The van der Waals surface area contributed by atoms with Gasteiger partial charge in [0.15, 0.2) is 14.7 Å². The number of hydrogen-bond acceptors (Lipinski definition) is 5. The molecule has 0 unspecified atom stereocenters. The Labute approximate surface area is 214 Å². The molecule has 11 heteroatoms. The summed E-state index contributed by atoms with van der Waals surface area (Å²) in [7, 11) is 6.49. The van der Waals surface area contributed by atoms with E-state index in [1.54, 1.807) is 0 Å². The molecule has 3 aromatic carbocycles. The number of alkyl halides is 3. The van der Waals surface area contributed by atoms with Gasteiger partial charge < -0.3 is 14.7 Å². The number of benzene rings is 3. The van der Waals surface area contributed by atoms with E-state index in [4.69, 9.17) is 13.0 Å². The van der Waals surface area contributed by atoms with E-state index in [-0.39, 0.29) is 10.9 Å². The van der Waals surface area contributed by atoms with E-state index in [9.17, 15) is 13.2 Å². The van der Waals surface area contributed by atoms with E-state index in [1.807, 2.05) is 0 Å². The monoisotopic (exact) mass is 542 g/mol. The van der Waals surface area contributed by atoms with Crippen molar-refractivity contribution in [1.29, 1.82) is 0 Å². The molecule has 0 aromatic heterocycles. The van der Waals surface area contributed by atoms with Gasteiger partial charge in [-0.05, 0) is 72.8 Å². The predicted octanol–water partition coefficient (Wildman–Crippen LogP) is 5.37. The molecule has 0 atom stereocenters. The number of anilines is 3. The molecule has 0 bridgehead atoms. The number of nitrogens with zero attached hydrogens (tertiary/aromatic N) is 3. The molecule has 3 rings (SSSR count). The van der Waals surface area contributed by atoms with Crippen molar-refractivity contribution < 1.29 is 26.1 Å². The lowest BCUT2D eigenvalue weighted by molar-refractivity contribution is -0.0510. The van der Waals surface area contributed by atoms with Gasteiger partial charge in [-0.15, -0.1) is 0 Å². The fourth-order valence-electron chi connectivity index (χ4n) is 3.05. The summed E-state index contributed by atoms with van der Waals surface area (Å²) in [5.74, 6) is 0. The van der Waals surface area contributed by atoms with Gasteiger partial charge in [0.05, 0.1) is 10.9 Å². The van der Waals surface area contributed by atoms with Crippen LogP contribution in [0, 0.1) is 0 Å². The zero-order valence-electron chi connectivity index (χ0n) is 21.0. The molecule has 0 amide bonds. The minimum atomic E-state index is -5.84. The smallest absolute Gasteiger partial charge is 0.378 e. The van der Waals surface area contributed by atoms with Crippen molar-refractivity contribution in [3.05, 3.63) is 72.8 Å². The zero-order chi connectivity index (χ0) is 27.3. The van der Waals surface area contributed by atoms with Crippen LogP contribution in [0.15, 0.2) is 87.5 Å². The first-order valence-electron chi connectivity index (χ1n) is 10.7. The number of halogens is 3. The van der Waals surface area contributed by atoms with Gasteiger partial charge >= 0.3 is 15.6 Å². The highest BCUT2D eigenvalue weighted by Gasteiger charge is 2.44. The minimum Gasteiger partial charge on any atom is -0.378 e. The van der Waals surface area contributed by atoms with Crippen LogP contribution in [0.5, 0.6) is 0 Å².